The van der Waals surface area contributed by atoms with Gasteiger partial charge in [-0.15, -0.1) is 0 Å². The Morgan fingerprint density at radius 2 is 1.83 bits per heavy atom. The zero-order chi connectivity index (χ0) is 12.8. The maximum absolute atomic E-state index is 9.61. The highest BCUT2D eigenvalue weighted by atomic mass is 16.6. The number of hydrogen-bond acceptors (Lipinski definition) is 3. The molecule has 0 heterocycles. The van der Waals surface area contributed by atoms with Crippen LogP contribution in [-0.2, 0) is 16.1 Å². The van der Waals surface area contributed by atoms with Crippen molar-refractivity contribution in [3.63, 3.8) is 0 Å². The van der Waals surface area contributed by atoms with Crippen molar-refractivity contribution < 1.29 is 14.6 Å². The lowest BCUT2D eigenvalue weighted by Crippen LogP contribution is -2.29. The maximum Gasteiger partial charge on any atom is 0.156 e. The average molecular weight is 250 g/mol. The van der Waals surface area contributed by atoms with E-state index in [1.807, 2.05) is 18.2 Å². The van der Waals surface area contributed by atoms with Gasteiger partial charge in [-0.3, -0.25) is 0 Å². The van der Waals surface area contributed by atoms with E-state index in [9.17, 15) is 5.11 Å². The number of aliphatic hydroxyl groups excluding tert-OH is 1. The smallest absolute Gasteiger partial charge is 0.156 e. The summed E-state index contributed by atoms with van der Waals surface area (Å²) in [6.07, 6.45) is 3.70. The summed E-state index contributed by atoms with van der Waals surface area (Å²) in [5.74, 6) is 0.270. The molecule has 1 N–H and O–H groups in total. The lowest BCUT2D eigenvalue weighted by Gasteiger charge is -2.30. The second-order valence-corrected chi connectivity index (χ2v) is 4.96. The minimum atomic E-state index is -0.611. The molecular weight excluding hydrogens is 228 g/mol. The van der Waals surface area contributed by atoms with Gasteiger partial charge < -0.3 is 14.6 Å². The number of rotatable bonds is 5. The minimum absolute atomic E-state index is 0.270. The third-order valence-corrected chi connectivity index (χ3v) is 3.69. The SMILES string of the molecule is COC(O)C1CCC(OCc2ccccc2)CC1. The molecule has 0 spiro atoms. The molecule has 0 saturated heterocycles. The molecule has 2 rings (SSSR count). The molecule has 0 aliphatic heterocycles. The summed E-state index contributed by atoms with van der Waals surface area (Å²) in [5, 5.41) is 9.61. The molecule has 1 atom stereocenters. The van der Waals surface area contributed by atoms with Crippen LogP contribution in [0, 0.1) is 5.92 Å². The Morgan fingerprint density at radius 1 is 1.17 bits per heavy atom. The lowest BCUT2D eigenvalue weighted by molar-refractivity contribution is -0.129. The topological polar surface area (TPSA) is 38.7 Å². The zero-order valence-corrected chi connectivity index (χ0v) is 10.9. The van der Waals surface area contributed by atoms with Crippen molar-refractivity contribution in [3.05, 3.63) is 35.9 Å². The highest BCUT2D eigenvalue weighted by molar-refractivity contribution is 5.13. The van der Waals surface area contributed by atoms with Gasteiger partial charge in [-0.1, -0.05) is 30.3 Å². The standard InChI is InChI=1S/C15H22O3/c1-17-15(16)13-7-9-14(10-8-13)18-11-12-5-3-2-4-6-12/h2-6,13-16H,7-11H2,1H3. The van der Waals surface area contributed by atoms with Gasteiger partial charge in [0.15, 0.2) is 6.29 Å². The molecule has 1 aromatic rings. The molecule has 0 radical (unpaired) electrons. The third kappa shape index (κ3) is 3.80. The molecule has 100 valence electrons. The van der Waals surface area contributed by atoms with Crippen LogP contribution in [-0.4, -0.2) is 24.6 Å². The van der Waals surface area contributed by atoms with Crippen LogP contribution >= 0.6 is 0 Å². The molecule has 18 heavy (non-hydrogen) atoms. The number of benzene rings is 1. The first-order chi connectivity index (χ1) is 8.79. The quantitative estimate of drug-likeness (QED) is 0.817. The molecule has 1 aromatic carbocycles. The van der Waals surface area contributed by atoms with Crippen molar-refractivity contribution in [1.82, 2.24) is 0 Å². The van der Waals surface area contributed by atoms with Gasteiger partial charge in [-0.2, -0.15) is 0 Å². The fraction of sp³-hybridized carbons (Fsp3) is 0.600. The first-order valence-electron chi connectivity index (χ1n) is 6.66. The molecule has 1 fully saturated rings. The minimum Gasteiger partial charge on any atom is -0.374 e. The Kier molecular flexibility index (Phi) is 5.17. The van der Waals surface area contributed by atoms with Crippen molar-refractivity contribution in [2.45, 2.75) is 44.7 Å². The van der Waals surface area contributed by atoms with E-state index < -0.39 is 6.29 Å². The molecular formula is C15H22O3. The van der Waals surface area contributed by atoms with E-state index in [0.717, 1.165) is 25.7 Å². The van der Waals surface area contributed by atoms with Crippen LogP contribution in [0.2, 0.25) is 0 Å². The van der Waals surface area contributed by atoms with E-state index in [-0.39, 0.29) is 5.92 Å². The fourth-order valence-electron chi connectivity index (χ4n) is 2.52. The van der Waals surface area contributed by atoms with E-state index in [4.69, 9.17) is 9.47 Å². The van der Waals surface area contributed by atoms with Gasteiger partial charge >= 0.3 is 0 Å². The van der Waals surface area contributed by atoms with Gasteiger partial charge in [-0.05, 0) is 31.2 Å². The Hall–Kier alpha value is -0.900. The van der Waals surface area contributed by atoms with Crippen LogP contribution in [0.1, 0.15) is 31.2 Å². The summed E-state index contributed by atoms with van der Waals surface area (Å²) in [7, 11) is 1.56. The van der Waals surface area contributed by atoms with Crippen molar-refractivity contribution in [2.75, 3.05) is 7.11 Å². The Labute approximate surface area is 109 Å². The summed E-state index contributed by atoms with van der Waals surface area (Å²) >= 11 is 0. The highest BCUT2D eigenvalue weighted by Gasteiger charge is 2.26. The molecule has 1 saturated carbocycles. The van der Waals surface area contributed by atoms with E-state index in [0.29, 0.717) is 12.7 Å². The zero-order valence-electron chi connectivity index (χ0n) is 10.9. The first kappa shape index (κ1) is 13.5. The van der Waals surface area contributed by atoms with Crippen LogP contribution in [0.4, 0.5) is 0 Å². The predicted molar refractivity (Wildman–Crippen MR) is 70.0 cm³/mol. The molecule has 0 bridgehead atoms. The van der Waals surface area contributed by atoms with Gasteiger partial charge in [-0.25, -0.2) is 0 Å². The molecule has 3 heteroatoms. The number of aliphatic hydroxyl groups is 1. The maximum atomic E-state index is 9.61. The third-order valence-electron chi connectivity index (χ3n) is 3.69. The van der Waals surface area contributed by atoms with Gasteiger partial charge in [0.1, 0.15) is 0 Å². The van der Waals surface area contributed by atoms with Crippen molar-refractivity contribution in [1.29, 1.82) is 0 Å². The molecule has 0 aromatic heterocycles. The van der Waals surface area contributed by atoms with Crippen LogP contribution in [0.15, 0.2) is 30.3 Å². The second-order valence-electron chi connectivity index (χ2n) is 4.96. The average Bonchev–Trinajstić information content (AvgIpc) is 2.46. The molecule has 1 unspecified atom stereocenters. The molecule has 3 nitrogen and oxygen atoms in total. The number of ether oxygens (including phenoxy) is 2. The summed E-state index contributed by atoms with van der Waals surface area (Å²) in [6.45, 7) is 0.684. The van der Waals surface area contributed by atoms with Crippen LogP contribution in [0.3, 0.4) is 0 Å². The van der Waals surface area contributed by atoms with Gasteiger partial charge in [0.05, 0.1) is 12.7 Å². The van der Waals surface area contributed by atoms with Crippen LogP contribution in [0.25, 0.3) is 0 Å². The van der Waals surface area contributed by atoms with Crippen molar-refractivity contribution in [2.24, 2.45) is 5.92 Å². The van der Waals surface area contributed by atoms with E-state index in [2.05, 4.69) is 12.1 Å². The Morgan fingerprint density at radius 3 is 2.44 bits per heavy atom. The van der Waals surface area contributed by atoms with Crippen molar-refractivity contribution in [3.8, 4) is 0 Å². The second kappa shape index (κ2) is 6.88. The molecule has 1 aliphatic carbocycles. The summed E-state index contributed by atoms with van der Waals surface area (Å²) in [4.78, 5) is 0. The highest BCUT2D eigenvalue weighted by Crippen LogP contribution is 2.29. The van der Waals surface area contributed by atoms with Gasteiger partial charge in [0, 0.05) is 13.0 Å². The van der Waals surface area contributed by atoms with E-state index in [1.165, 1.54) is 5.56 Å². The number of methoxy groups -OCH3 is 1. The summed E-state index contributed by atoms with van der Waals surface area (Å²) in [6, 6.07) is 10.2. The fourth-order valence-corrected chi connectivity index (χ4v) is 2.52. The van der Waals surface area contributed by atoms with E-state index >= 15 is 0 Å². The number of hydrogen-bond donors (Lipinski definition) is 1. The van der Waals surface area contributed by atoms with Crippen LogP contribution < -0.4 is 0 Å². The summed E-state index contributed by atoms with van der Waals surface area (Å²) in [5.41, 5.74) is 1.22. The summed E-state index contributed by atoms with van der Waals surface area (Å²) < 4.78 is 10.9. The monoisotopic (exact) mass is 250 g/mol. The largest absolute Gasteiger partial charge is 0.374 e. The van der Waals surface area contributed by atoms with Crippen molar-refractivity contribution >= 4 is 0 Å². The Balaban J connectivity index is 1.71. The first-order valence-corrected chi connectivity index (χ1v) is 6.66. The van der Waals surface area contributed by atoms with Gasteiger partial charge in [0.25, 0.3) is 0 Å². The predicted octanol–water partition coefficient (Wildman–Crippen LogP) is 2.73. The van der Waals surface area contributed by atoms with Gasteiger partial charge in [0.2, 0.25) is 0 Å². The normalized spacial score (nSPS) is 25.9. The van der Waals surface area contributed by atoms with E-state index in [1.54, 1.807) is 7.11 Å². The lowest BCUT2D eigenvalue weighted by atomic mass is 9.87. The molecule has 1 aliphatic rings. The Bertz CT molecular complexity index is 331. The van der Waals surface area contributed by atoms with Crippen LogP contribution in [0.5, 0.6) is 0 Å². The molecule has 0 amide bonds.